The molecule has 0 radical (unpaired) electrons. The van der Waals surface area contributed by atoms with E-state index < -0.39 is 0 Å². The number of rotatable bonds is 0. The molecule has 3 N–H and O–H groups in total. The summed E-state index contributed by atoms with van der Waals surface area (Å²) >= 11 is 0. The Hall–Kier alpha value is -0.800. The van der Waals surface area contributed by atoms with Gasteiger partial charge in [0.25, 0.3) is 0 Å². The van der Waals surface area contributed by atoms with Gasteiger partial charge in [-0.2, -0.15) is 0 Å². The Morgan fingerprint density at radius 3 is 2.92 bits per heavy atom. The van der Waals surface area contributed by atoms with E-state index in [0.29, 0.717) is 0 Å². The van der Waals surface area contributed by atoms with Crippen LogP contribution in [0.4, 0.5) is 0 Å². The van der Waals surface area contributed by atoms with Crippen LogP contribution in [0.5, 0.6) is 0 Å². The van der Waals surface area contributed by atoms with E-state index in [-0.39, 0.29) is 0 Å². The Morgan fingerprint density at radius 2 is 1.92 bits per heavy atom. The third kappa shape index (κ3) is 1.19. The summed E-state index contributed by atoms with van der Waals surface area (Å²) in [6, 6.07) is 0. The highest BCUT2D eigenvalue weighted by Gasteiger charge is 2.24. The molecular weight excluding hydrogens is 162 g/mol. The zero-order chi connectivity index (χ0) is 8.67. The summed E-state index contributed by atoms with van der Waals surface area (Å²) in [4.78, 5) is 0. The van der Waals surface area contributed by atoms with Gasteiger partial charge in [-0.1, -0.05) is 11.1 Å². The maximum Gasteiger partial charge on any atom is 0.0381 e. The van der Waals surface area contributed by atoms with Gasteiger partial charge in [0, 0.05) is 25.2 Å². The summed E-state index contributed by atoms with van der Waals surface area (Å²) in [6.45, 7) is 3.31. The van der Waals surface area contributed by atoms with Crippen LogP contribution in [0.15, 0.2) is 22.4 Å². The molecule has 0 fully saturated rings. The maximum atomic E-state index is 3.44. The summed E-state index contributed by atoms with van der Waals surface area (Å²) in [7, 11) is 0. The van der Waals surface area contributed by atoms with E-state index in [0.717, 1.165) is 19.6 Å². The summed E-state index contributed by atoms with van der Waals surface area (Å²) < 4.78 is 0. The first-order valence-corrected chi connectivity index (χ1v) is 5.04. The van der Waals surface area contributed by atoms with Crippen molar-refractivity contribution in [2.45, 2.75) is 19.3 Å². The minimum Gasteiger partial charge on any atom is -0.325 e. The highest BCUT2D eigenvalue weighted by atomic mass is 15.4. The van der Waals surface area contributed by atoms with Crippen molar-refractivity contribution < 1.29 is 0 Å². The molecule has 1 aliphatic carbocycles. The van der Waals surface area contributed by atoms with Gasteiger partial charge in [-0.25, -0.2) is 5.43 Å². The van der Waals surface area contributed by atoms with Gasteiger partial charge in [-0.3, -0.25) is 0 Å². The molecule has 3 heteroatoms. The molecule has 0 aromatic rings. The van der Waals surface area contributed by atoms with Crippen LogP contribution in [0.3, 0.4) is 0 Å². The van der Waals surface area contributed by atoms with Crippen molar-refractivity contribution in [1.29, 1.82) is 0 Å². The van der Waals surface area contributed by atoms with Crippen LogP contribution < -0.4 is 16.2 Å². The largest absolute Gasteiger partial charge is 0.325 e. The molecule has 0 saturated carbocycles. The lowest BCUT2D eigenvalue weighted by atomic mass is 9.86. The van der Waals surface area contributed by atoms with Crippen molar-refractivity contribution in [3.63, 3.8) is 0 Å². The monoisotopic (exact) mass is 177 g/mol. The molecule has 13 heavy (non-hydrogen) atoms. The zero-order valence-electron chi connectivity index (χ0n) is 7.74. The predicted molar refractivity (Wildman–Crippen MR) is 51.9 cm³/mol. The van der Waals surface area contributed by atoms with Crippen LogP contribution in [-0.2, 0) is 0 Å². The van der Waals surface area contributed by atoms with Gasteiger partial charge in [0.1, 0.15) is 0 Å². The summed E-state index contributed by atoms with van der Waals surface area (Å²) in [6.07, 6.45) is 3.60. The molecule has 0 aromatic carbocycles. The van der Waals surface area contributed by atoms with Crippen molar-refractivity contribution in [2.75, 3.05) is 19.6 Å². The lowest BCUT2D eigenvalue weighted by molar-refractivity contribution is 0.632. The van der Waals surface area contributed by atoms with Gasteiger partial charge < -0.3 is 10.7 Å². The quantitative estimate of drug-likeness (QED) is 0.470. The second-order valence-electron chi connectivity index (χ2n) is 4.05. The number of hydrogen-bond donors (Lipinski definition) is 3. The fourth-order valence-corrected chi connectivity index (χ4v) is 2.44. The Morgan fingerprint density at radius 1 is 0.923 bits per heavy atom. The molecule has 0 spiro atoms. The van der Waals surface area contributed by atoms with Gasteiger partial charge in [0.05, 0.1) is 0 Å². The van der Waals surface area contributed by atoms with Crippen molar-refractivity contribution in [3.05, 3.63) is 22.4 Å². The summed E-state index contributed by atoms with van der Waals surface area (Å²) in [5, 5.41) is 3.44. The minimum absolute atomic E-state index is 1.03. The molecule has 0 bridgehead atoms. The standard InChI is InChI=1S/C10H15N3/c1-2-11-5-8-3-9-6-12-13-10(9)4-7(1)8/h11-13H,1-6H2. The molecule has 0 unspecified atom stereocenters. The van der Waals surface area contributed by atoms with Crippen LogP contribution in [0, 0.1) is 0 Å². The van der Waals surface area contributed by atoms with E-state index in [4.69, 9.17) is 0 Å². The lowest BCUT2D eigenvalue weighted by Gasteiger charge is -2.26. The fourth-order valence-electron chi connectivity index (χ4n) is 2.44. The number of allylic oxidation sites excluding steroid dienone is 1. The molecule has 0 amide bonds. The number of nitrogens with one attached hydrogen (secondary N) is 3. The van der Waals surface area contributed by atoms with Gasteiger partial charge in [0.15, 0.2) is 0 Å². The van der Waals surface area contributed by atoms with Crippen molar-refractivity contribution in [2.24, 2.45) is 0 Å². The number of hydrazine groups is 1. The fraction of sp³-hybridized carbons (Fsp3) is 0.600. The molecule has 2 aliphatic heterocycles. The lowest BCUT2D eigenvalue weighted by Crippen LogP contribution is -2.28. The minimum atomic E-state index is 1.03. The van der Waals surface area contributed by atoms with E-state index in [1.54, 1.807) is 16.7 Å². The first kappa shape index (κ1) is 7.59. The van der Waals surface area contributed by atoms with E-state index in [2.05, 4.69) is 16.2 Å². The first-order valence-electron chi connectivity index (χ1n) is 5.04. The molecule has 3 rings (SSSR count). The Balaban J connectivity index is 1.87. The zero-order valence-corrected chi connectivity index (χ0v) is 7.74. The van der Waals surface area contributed by atoms with E-state index in [1.165, 1.54) is 25.0 Å². The van der Waals surface area contributed by atoms with Gasteiger partial charge in [-0.05, 0) is 25.0 Å². The van der Waals surface area contributed by atoms with E-state index >= 15 is 0 Å². The van der Waals surface area contributed by atoms with Crippen molar-refractivity contribution in [3.8, 4) is 0 Å². The van der Waals surface area contributed by atoms with Crippen LogP contribution in [0.2, 0.25) is 0 Å². The third-order valence-electron chi connectivity index (χ3n) is 3.23. The Kier molecular flexibility index (Phi) is 1.67. The van der Waals surface area contributed by atoms with Gasteiger partial charge >= 0.3 is 0 Å². The van der Waals surface area contributed by atoms with Crippen LogP contribution >= 0.6 is 0 Å². The summed E-state index contributed by atoms with van der Waals surface area (Å²) in [5.41, 5.74) is 12.8. The normalized spacial score (nSPS) is 27.1. The molecule has 0 atom stereocenters. The highest BCUT2D eigenvalue weighted by Crippen LogP contribution is 2.32. The van der Waals surface area contributed by atoms with Gasteiger partial charge in [0.2, 0.25) is 0 Å². The molecule has 2 heterocycles. The molecule has 3 aliphatic rings. The van der Waals surface area contributed by atoms with Crippen molar-refractivity contribution >= 4 is 0 Å². The SMILES string of the molecule is C1CC2=C(CN1)CC1=C(C2)NNC1. The third-order valence-corrected chi connectivity index (χ3v) is 3.23. The topological polar surface area (TPSA) is 36.1 Å². The average Bonchev–Trinajstić information content (AvgIpc) is 2.61. The van der Waals surface area contributed by atoms with E-state index in [9.17, 15) is 0 Å². The van der Waals surface area contributed by atoms with Gasteiger partial charge in [-0.15, -0.1) is 0 Å². The smallest absolute Gasteiger partial charge is 0.0381 e. The highest BCUT2D eigenvalue weighted by molar-refractivity contribution is 5.38. The van der Waals surface area contributed by atoms with E-state index in [1.807, 2.05) is 0 Å². The second kappa shape index (κ2) is 2.86. The second-order valence-corrected chi connectivity index (χ2v) is 4.05. The molecular formula is C10H15N3. The van der Waals surface area contributed by atoms with Crippen LogP contribution in [0.1, 0.15) is 19.3 Å². The molecule has 3 nitrogen and oxygen atoms in total. The van der Waals surface area contributed by atoms with Crippen molar-refractivity contribution in [1.82, 2.24) is 16.2 Å². The maximum absolute atomic E-state index is 3.44. The van der Waals surface area contributed by atoms with Crippen LogP contribution in [-0.4, -0.2) is 19.6 Å². The Bertz CT molecular complexity index is 273. The molecule has 0 aromatic heterocycles. The summed E-state index contributed by atoms with van der Waals surface area (Å²) in [5.74, 6) is 0. The first-order chi connectivity index (χ1) is 6.43. The number of hydrogen-bond acceptors (Lipinski definition) is 3. The van der Waals surface area contributed by atoms with Crippen LogP contribution in [0.25, 0.3) is 0 Å². The average molecular weight is 177 g/mol. The Labute approximate surface area is 78.2 Å². The predicted octanol–water partition coefficient (Wildman–Crippen LogP) is 0.432. The molecule has 0 saturated heterocycles. The molecule has 70 valence electrons.